The molecule has 2 aromatic rings. The molecule has 0 amide bonds. The molecule has 1 aromatic heterocycles. The van der Waals surface area contributed by atoms with Gasteiger partial charge in [0.05, 0.1) is 12.8 Å². The Morgan fingerprint density at radius 3 is 2.68 bits per heavy atom. The molecule has 5 heteroatoms. The van der Waals surface area contributed by atoms with Crippen molar-refractivity contribution < 1.29 is 4.74 Å². The number of benzene rings is 1. The molecule has 1 heterocycles. The molecule has 0 radical (unpaired) electrons. The zero-order chi connectivity index (χ0) is 16.1. The van der Waals surface area contributed by atoms with Crippen LogP contribution in [0.3, 0.4) is 0 Å². The minimum absolute atomic E-state index is 0.0782. The third-order valence-corrected chi connectivity index (χ3v) is 3.55. The molecule has 0 fully saturated rings. The number of H-pyrrole nitrogens is 1. The van der Waals surface area contributed by atoms with E-state index in [9.17, 15) is 4.79 Å². The molecule has 0 aliphatic carbocycles. The summed E-state index contributed by atoms with van der Waals surface area (Å²) in [6.07, 6.45) is 1.73. The van der Waals surface area contributed by atoms with E-state index < -0.39 is 0 Å². The van der Waals surface area contributed by atoms with E-state index in [0.717, 1.165) is 29.8 Å². The van der Waals surface area contributed by atoms with Crippen LogP contribution in [0, 0.1) is 12.8 Å². The fourth-order valence-electron chi connectivity index (χ4n) is 2.27. The highest BCUT2D eigenvalue weighted by molar-refractivity contribution is 5.62. The van der Waals surface area contributed by atoms with E-state index in [1.54, 1.807) is 7.11 Å². The second-order valence-corrected chi connectivity index (χ2v) is 5.74. The van der Waals surface area contributed by atoms with E-state index in [2.05, 4.69) is 29.1 Å². The van der Waals surface area contributed by atoms with E-state index in [-0.39, 0.29) is 5.56 Å². The molecule has 0 aliphatic heterocycles. The first-order valence-corrected chi connectivity index (χ1v) is 7.51. The van der Waals surface area contributed by atoms with Crippen molar-refractivity contribution in [3.05, 3.63) is 45.9 Å². The molecule has 0 unspecified atom stereocenters. The zero-order valence-electron chi connectivity index (χ0n) is 13.6. The van der Waals surface area contributed by atoms with Crippen molar-refractivity contribution in [1.82, 2.24) is 9.97 Å². The number of aryl methyl sites for hydroxylation is 1. The molecular formula is C17H23N3O2. The summed E-state index contributed by atoms with van der Waals surface area (Å²) in [5, 5.41) is 3.11. The molecule has 1 aromatic carbocycles. The van der Waals surface area contributed by atoms with Crippen molar-refractivity contribution in [1.29, 1.82) is 0 Å². The van der Waals surface area contributed by atoms with Crippen LogP contribution in [0.5, 0.6) is 5.75 Å². The number of methoxy groups -OCH3 is 1. The van der Waals surface area contributed by atoms with Crippen molar-refractivity contribution in [2.75, 3.05) is 12.4 Å². The van der Waals surface area contributed by atoms with Gasteiger partial charge in [0, 0.05) is 11.3 Å². The second-order valence-electron chi connectivity index (χ2n) is 5.74. The SMILES string of the molecule is COc1ccccc1Nc1nc(C)c(CCC(C)C)c(=O)[nH]1. The van der Waals surface area contributed by atoms with E-state index in [1.807, 2.05) is 31.2 Å². The van der Waals surface area contributed by atoms with E-state index in [1.165, 1.54) is 0 Å². The van der Waals surface area contributed by atoms with Crippen LogP contribution in [-0.4, -0.2) is 17.1 Å². The lowest BCUT2D eigenvalue weighted by atomic mass is 10.0. The van der Waals surface area contributed by atoms with Crippen LogP contribution in [0.25, 0.3) is 0 Å². The lowest BCUT2D eigenvalue weighted by Gasteiger charge is -2.12. The first-order chi connectivity index (χ1) is 10.5. The van der Waals surface area contributed by atoms with Crippen LogP contribution < -0.4 is 15.6 Å². The average Bonchev–Trinajstić information content (AvgIpc) is 2.46. The Morgan fingerprint density at radius 2 is 2.05 bits per heavy atom. The third-order valence-electron chi connectivity index (χ3n) is 3.55. The number of nitrogens with zero attached hydrogens (tertiary/aromatic N) is 1. The van der Waals surface area contributed by atoms with Crippen molar-refractivity contribution in [2.45, 2.75) is 33.6 Å². The lowest BCUT2D eigenvalue weighted by molar-refractivity contribution is 0.417. The predicted molar refractivity (Wildman–Crippen MR) is 89.0 cm³/mol. The molecule has 0 bridgehead atoms. The Morgan fingerprint density at radius 1 is 1.32 bits per heavy atom. The fourth-order valence-corrected chi connectivity index (χ4v) is 2.27. The molecule has 0 spiro atoms. The molecule has 0 atom stereocenters. The summed E-state index contributed by atoms with van der Waals surface area (Å²) in [4.78, 5) is 19.5. The monoisotopic (exact) mass is 301 g/mol. The number of anilines is 2. The molecule has 0 aliphatic rings. The number of para-hydroxylation sites is 2. The van der Waals surface area contributed by atoms with Gasteiger partial charge in [-0.3, -0.25) is 9.78 Å². The van der Waals surface area contributed by atoms with Crippen molar-refractivity contribution in [3.8, 4) is 5.75 Å². The van der Waals surface area contributed by atoms with Crippen molar-refractivity contribution in [2.24, 2.45) is 5.92 Å². The van der Waals surface area contributed by atoms with Gasteiger partial charge in [0.1, 0.15) is 5.75 Å². The first-order valence-electron chi connectivity index (χ1n) is 7.51. The molecular weight excluding hydrogens is 278 g/mol. The molecule has 22 heavy (non-hydrogen) atoms. The molecule has 0 saturated carbocycles. The Labute approximate surface area is 130 Å². The quantitative estimate of drug-likeness (QED) is 0.858. The topological polar surface area (TPSA) is 67.0 Å². The number of aromatic amines is 1. The van der Waals surface area contributed by atoms with Crippen LogP contribution in [0.15, 0.2) is 29.1 Å². The summed E-state index contributed by atoms with van der Waals surface area (Å²) in [6.45, 7) is 6.17. The van der Waals surface area contributed by atoms with Crippen molar-refractivity contribution in [3.63, 3.8) is 0 Å². The van der Waals surface area contributed by atoms with E-state index >= 15 is 0 Å². The van der Waals surface area contributed by atoms with Gasteiger partial charge >= 0.3 is 0 Å². The van der Waals surface area contributed by atoms with E-state index in [0.29, 0.717) is 17.6 Å². The van der Waals surface area contributed by atoms with Gasteiger partial charge in [-0.15, -0.1) is 0 Å². The van der Waals surface area contributed by atoms with Crippen molar-refractivity contribution >= 4 is 11.6 Å². The maximum Gasteiger partial charge on any atom is 0.255 e. The second kappa shape index (κ2) is 7.11. The molecule has 2 N–H and O–H groups in total. The van der Waals surface area contributed by atoms with Crippen LogP contribution in [0.2, 0.25) is 0 Å². The standard InChI is InChI=1S/C17H23N3O2/c1-11(2)9-10-13-12(3)18-17(20-16(13)21)19-14-7-5-6-8-15(14)22-4/h5-8,11H,9-10H2,1-4H3,(H2,18,19,20,21). The van der Waals surface area contributed by atoms with Crippen LogP contribution in [0.4, 0.5) is 11.6 Å². The number of ether oxygens (including phenoxy) is 1. The van der Waals surface area contributed by atoms with Gasteiger partial charge in [0.15, 0.2) is 0 Å². The van der Waals surface area contributed by atoms with Gasteiger partial charge in [0.25, 0.3) is 5.56 Å². The highest BCUT2D eigenvalue weighted by Crippen LogP contribution is 2.25. The molecule has 0 saturated heterocycles. The number of nitrogens with one attached hydrogen (secondary N) is 2. The Kier molecular flexibility index (Phi) is 5.20. The minimum atomic E-state index is -0.0782. The van der Waals surface area contributed by atoms with Gasteiger partial charge in [0.2, 0.25) is 5.95 Å². The normalized spacial score (nSPS) is 10.8. The number of hydrogen-bond donors (Lipinski definition) is 2. The Hall–Kier alpha value is -2.30. The number of hydrogen-bond acceptors (Lipinski definition) is 4. The minimum Gasteiger partial charge on any atom is -0.495 e. The molecule has 5 nitrogen and oxygen atoms in total. The highest BCUT2D eigenvalue weighted by Gasteiger charge is 2.10. The third kappa shape index (κ3) is 3.87. The zero-order valence-corrected chi connectivity index (χ0v) is 13.6. The summed E-state index contributed by atoms with van der Waals surface area (Å²) in [6, 6.07) is 7.51. The van der Waals surface area contributed by atoms with Crippen LogP contribution in [0.1, 0.15) is 31.5 Å². The number of rotatable bonds is 6. The highest BCUT2D eigenvalue weighted by atomic mass is 16.5. The van der Waals surface area contributed by atoms with E-state index in [4.69, 9.17) is 4.74 Å². The van der Waals surface area contributed by atoms with Crippen LogP contribution >= 0.6 is 0 Å². The lowest BCUT2D eigenvalue weighted by Crippen LogP contribution is -2.19. The predicted octanol–water partition coefficient (Wildman–Crippen LogP) is 3.42. The maximum atomic E-state index is 12.3. The fraction of sp³-hybridized carbons (Fsp3) is 0.412. The maximum absolute atomic E-state index is 12.3. The van der Waals surface area contributed by atoms with Gasteiger partial charge < -0.3 is 10.1 Å². The van der Waals surface area contributed by atoms with Gasteiger partial charge in [-0.1, -0.05) is 26.0 Å². The summed E-state index contributed by atoms with van der Waals surface area (Å²) < 4.78 is 5.28. The summed E-state index contributed by atoms with van der Waals surface area (Å²) in [5.74, 6) is 1.69. The molecule has 2 rings (SSSR count). The number of aromatic nitrogens is 2. The Balaban J connectivity index is 2.25. The van der Waals surface area contributed by atoms with Gasteiger partial charge in [-0.2, -0.15) is 0 Å². The van der Waals surface area contributed by atoms with Crippen LogP contribution in [-0.2, 0) is 6.42 Å². The van der Waals surface area contributed by atoms with Gasteiger partial charge in [-0.25, -0.2) is 4.98 Å². The average molecular weight is 301 g/mol. The molecule has 118 valence electrons. The summed E-state index contributed by atoms with van der Waals surface area (Å²) >= 11 is 0. The van der Waals surface area contributed by atoms with Gasteiger partial charge in [-0.05, 0) is 37.8 Å². The smallest absolute Gasteiger partial charge is 0.255 e. The first kappa shape index (κ1) is 16.1. The Bertz CT molecular complexity index is 693. The summed E-state index contributed by atoms with van der Waals surface area (Å²) in [5.41, 5.74) is 2.22. The largest absolute Gasteiger partial charge is 0.495 e. The summed E-state index contributed by atoms with van der Waals surface area (Å²) in [7, 11) is 1.61.